The molecule has 6 unspecified atom stereocenters. The zero-order chi connectivity index (χ0) is 29.9. The monoisotopic (exact) mass is 616 g/mol. The lowest BCUT2D eigenvalue weighted by molar-refractivity contribution is -0.149. The summed E-state index contributed by atoms with van der Waals surface area (Å²) < 4.78 is 12.4. The minimum absolute atomic E-state index is 0.0989. The van der Waals surface area contributed by atoms with E-state index in [1.54, 1.807) is 0 Å². The van der Waals surface area contributed by atoms with E-state index in [2.05, 4.69) is 20.4 Å². The van der Waals surface area contributed by atoms with Gasteiger partial charge >= 0.3 is 11.9 Å². The summed E-state index contributed by atoms with van der Waals surface area (Å²) in [5.41, 5.74) is 1.90. The minimum Gasteiger partial charge on any atom is -0.450 e. The maximum absolute atomic E-state index is 12.7. The van der Waals surface area contributed by atoms with Gasteiger partial charge in [0.2, 0.25) is 0 Å². The van der Waals surface area contributed by atoms with E-state index in [4.69, 9.17) is 9.47 Å². The Morgan fingerprint density at radius 1 is 0.644 bits per heavy atom. The molecule has 8 fully saturated rings. The summed E-state index contributed by atoms with van der Waals surface area (Å²) in [4.78, 5) is 30.7. The first-order chi connectivity index (χ1) is 22.0. The Morgan fingerprint density at radius 2 is 1.27 bits per heavy atom. The molecule has 11 atom stereocenters. The summed E-state index contributed by atoms with van der Waals surface area (Å²) >= 11 is 0. The molecule has 4 bridgehead atoms. The van der Waals surface area contributed by atoms with Crippen molar-refractivity contribution in [1.29, 1.82) is 0 Å². The molecule has 0 aromatic heterocycles. The lowest BCUT2D eigenvalue weighted by Gasteiger charge is -2.43. The third-order valence-electron chi connectivity index (χ3n) is 14.8. The molecule has 10 aliphatic rings. The fraction of sp³-hybridized carbons (Fsp3) is 0.838. The Morgan fingerprint density at radius 3 is 2.00 bits per heavy atom. The van der Waals surface area contributed by atoms with Gasteiger partial charge in [0.05, 0.1) is 12.1 Å². The van der Waals surface area contributed by atoms with Crippen molar-refractivity contribution in [1.82, 2.24) is 20.4 Å². The molecule has 0 aromatic carbocycles. The van der Waals surface area contributed by atoms with E-state index in [0.717, 1.165) is 56.9 Å². The second-order valence-electron chi connectivity index (χ2n) is 16.9. The highest BCUT2D eigenvalue weighted by atomic mass is 16.6. The number of esters is 2. The molecule has 244 valence electrons. The van der Waals surface area contributed by atoms with Gasteiger partial charge in [-0.3, -0.25) is 9.80 Å². The van der Waals surface area contributed by atoms with E-state index in [-0.39, 0.29) is 23.1 Å². The zero-order valence-electron chi connectivity index (χ0n) is 26.9. The van der Waals surface area contributed by atoms with Crippen molar-refractivity contribution < 1.29 is 19.1 Å². The zero-order valence-corrected chi connectivity index (χ0v) is 26.9. The number of carbonyl (C=O) groups is 2. The van der Waals surface area contributed by atoms with Crippen LogP contribution in [0.5, 0.6) is 0 Å². The number of carbonyl (C=O) groups excluding carboxylic acids is 2. The number of nitrogens with one attached hydrogen (secondary N) is 2. The Labute approximate surface area is 268 Å². The van der Waals surface area contributed by atoms with Crippen molar-refractivity contribution in [3.63, 3.8) is 0 Å². The van der Waals surface area contributed by atoms with Crippen LogP contribution in [-0.4, -0.2) is 94.4 Å². The average molecular weight is 617 g/mol. The van der Waals surface area contributed by atoms with Gasteiger partial charge in [-0.05, 0) is 100 Å². The molecule has 2 N–H and O–H groups in total. The SMILES string of the molecule is O=C1C=C2CC(NC3CCC(C4CC[C@H]5N(C4)[C@H]4C[C@@]56OC(=O)C=C6CC4NC4CCCCC4)C3)[C@@H]3C[C@@]2(O1)C1CCCCN13. The van der Waals surface area contributed by atoms with Gasteiger partial charge in [0, 0.05) is 67.8 Å². The maximum Gasteiger partial charge on any atom is 0.331 e. The highest BCUT2D eigenvalue weighted by molar-refractivity contribution is 5.88. The molecule has 0 amide bonds. The van der Waals surface area contributed by atoms with E-state index in [0.29, 0.717) is 48.3 Å². The van der Waals surface area contributed by atoms with Gasteiger partial charge in [-0.2, -0.15) is 0 Å². The van der Waals surface area contributed by atoms with Crippen molar-refractivity contribution in [2.75, 3.05) is 13.1 Å². The number of nitrogens with zero attached hydrogens (tertiary/aromatic N) is 2. The smallest absolute Gasteiger partial charge is 0.331 e. The van der Waals surface area contributed by atoms with E-state index in [9.17, 15) is 9.59 Å². The van der Waals surface area contributed by atoms with Crippen LogP contribution < -0.4 is 10.6 Å². The van der Waals surface area contributed by atoms with Crippen LogP contribution >= 0.6 is 0 Å². The molecule has 0 aromatic rings. The second-order valence-corrected chi connectivity index (χ2v) is 16.9. The molecule has 10 rings (SSSR count). The van der Waals surface area contributed by atoms with Gasteiger partial charge in [0.15, 0.2) is 11.2 Å². The number of hydrogen-bond donors (Lipinski definition) is 2. The molecule has 6 heterocycles. The first kappa shape index (κ1) is 28.3. The van der Waals surface area contributed by atoms with Crippen LogP contribution in [0.1, 0.15) is 109 Å². The summed E-state index contributed by atoms with van der Waals surface area (Å²) in [6.45, 7) is 2.32. The molecule has 8 heteroatoms. The first-order valence-electron chi connectivity index (χ1n) is 18.9. The topological polar surface area (TPSA) is 83.1 Å². The summed E-state index contributed by atoms with van der Waals surface area (Å²) in [7, 11) is 0. The third kappa shape index (κ3) is 4.23. The van der Waals surface area contributed by atoms with Crippen LogP contribution in [0.15, 0.2) is 23.3 Å². The van der Waals surface area contributed by atoms with E-state index in [1.165, 1.54) is 88.3 Å². The van der Waals surface area contributed by atoms with Crippen LogP contribution in [0.3, 0.4) is 0 Å². The van der Waals surface area contributed by atoms with Crippen molar-refractivity contribution in [2.45, 2.75) is 169 Å². The number of fused-ring (bicyclic) bond motifs is 6. The van der Waals surface area contributed by atoms with Gasteiger partial charge in [-0.1, -0.05) is 25.7 Å². The predicted molar refractivity (Wildman–Crippen MR) is 169 cm³/mol. The van der Waals surface area contributed by atoms with Crippen molar-refractivity contribution in [3.8, 4) is 0 Å². The van der Waals surface area contributed by atoms with Crippen LogP contribution in [0.25, 0.3) is 0 Å². The number of rotatable bonds is 5. The number of hydrogen-bond acceptors (Lipinski definition) is 8. The molecule has 4 saturated carbocycles. The predicted octanol–water partition coefficient (Wildman–Crippen LogP) is 4.14. The maximum atomic E-state index is 12.7. The van der Waals surface area contributed by atoms with Gasteiger partial charge in [0.1, 0.15) is 0 Å². The van der Waals surface area contributed by atoms with Crippen LogP contribution in [-0.2, 0) is 19.1 Å². The molecule has 45 heavy (non-hydrogen) atoms. The van der Waals surface area contributed by atoms with E-state index in [1.807, 2.05) is 12.2 Å². The minimum atomic E-state index is -0.346. The highest BCUT2D eigenvalue weighted by Crippen LogP contribution is 2.57. The second kappa shape index (κ2) is 10.4. The quantitative estimate of drug-likeness (QED) is 0.447. The van der Waals surface area contributed by atoms with Gasteiger partial charge in [-0.15, -0.1) is 0 Å². The van der Waals surface area contributed by atoms with Crippen molar-refractivity contribution in [3.05, 3.63) is 23.3 Å². The van der Waals surface area contributed by atoms with E-state index < -0.39 is 0 Å². The van der Waals surface area contributed by atoms with Crippen molar-refractivity contribution >= 4 is 11.9 Å². The van der Waals surface area contributed by atoms with Gasteiger partial charge in [-0.25, -0.2) is 9.59 Å². The molecular weight excluding hydrogens is 564 g/mol. The average Bonchev–Trinajstić information content (AvgIpc) is 3.84. The van der Waals surface area contributed by atoms with Crippen LogP contribution in [0.2, 0.25) is 0 Å². The molecule has 0 radical (unpaired) electrons. The summed E-state index contributed by atoms with van der Waals surface area (Å²) in [6.07, 6.45) is 24.3. The Bertz CT molecular complexity index is 1320. The Hall–Kier alpha value is -1.74. The highest BCUT2D eigenvalue weighted by Gasteiger charge is 2.66. The fourth-order valence-electron chi connectivity index (χ4n) is 13.0. The first-order valence-corrected chi connectivity index (χ1v) is 18.9. The lowest BCUT2D eigenvalue weighted by Crippen LogP contribution is -2.54. The summed E-state index contributed by atoms with van der Waals surface area (Å²) in [6, 6.07) is 3.77. The molecule has 8 nitrogen and oxygen atoms in total. The Kier molecular flexibility index (Phi) is 6.52. The van der Waals surface area contributed by atoms with E-state index >= 15 is 0 Å². The van der Waals surface area contributed by atoms with Gasteiger partial charge in [0.25, 0.3) is 0 Å². The van der Waals surface area contributed by atoms with Gasteiger partial charge < -0.3 is 20.1 Å². The van der Waals surface area contributed by atoms with Crippen LogP contribution in [0.4, 0.5) is 0 Å². The third-order valence-corrected chi connectivity index (χ3v) is 14.8. The number of piperidine rings is 2. The van der Waals surface area contributed by atoms with Crippen LogP contribution in [0, 0.1) is 11.8 Å². The largest absolute Gasteiger partial charge is 0.450 e. The van der Waals surface area contributed by atoms with Crippen molar-refractivity contribution in [2.24, 2.45) is 11.8 Å². The molecule has 4 aliphatic carbocycles. The normalized spacial score (nSPS) is 49.1. The Balaban J connectivity index is 0.833. The molecule has 2 spiro atoms. The molecule has 6 aliphatic heterocycles. The molecule has 4 saturated heterocycles. The summed E-state index contributed by atoms with van der Waals surface area (Å²) in [5.74, 6) is 1.28. The molecular formula is C37H52N4O4. The lowest BCUT2D eigenvalue weighted by atomic mass is 9.74. The fourth-order valence-corrected chi connectivity index (χ4v) is 13.0. The standard InChI is InChI=1S/C37H52N4O4/c42-34-17-24-15-28(30-19-36(24,44-34)32-8-4-5-13-40(30)32)39-27-11-9-22(14-27)23-10-12-33-37-20-31(41(33)21-23)29(16-25(37)18-35(43)45-37)38-26-6-2-1-3-7-26/h17-18,22-23,26-33,38-39H,1-16,19-21H2/t22?,23?,27?,28?,29?,30-,31-,32?,33+,36-,37-/m0/s1. The number of ether oxygens (including phenoxy) is 2. The summed E-state index contributed by atoms with van der Waals surface area (Å²) in [5, 5.41) is 8.34.